The summed E-state index contributed by atoms with van der Waals surface area (Å²) in [4.78, 5) is 0. The average molecular weight is 316 g/mol. The number of benzene rings is 3. The quantitative estimate of drug-likeness (QED) is 0.725. The fourth-order valence-corrected chi connectivity index (χ4v) is 3.23. The molecule has 2 nitrogen and oxygen atoms in total. The third-order valence-electron chi connectivity index (χ3n) is 4.53. The zero-order valence-corrected chi connectivity index (χ0v) is 13.8. The summed E-state index contributed by atoms with van der Waals surface area (Å²) >= 11 is 0. The molecule has 0 saturated heterocycles. The van der Waals surface area contributed by atoms with E-state index in [4.69, 9.17) is 11.5 Å². The van der Waals surface area contributed by atoms with Crippen molar-refractivity contribution in [2.24, 2.45) is 11.5 Å². The Kier molecular flexibility index (Phi) is 5.09. The molecular weight excluding hydrogens is 292 g/mol. The summed E-state index contributed by atoms with van der Waals surface area (Å²) in [6, 6.07) is 30.6. The van der Waals surface area contributed by atoms with Crippen LogP contribution in [0.2, 0.25) is 0 Å². The van der Waals surface area contributed by atoms with E-state index in [2.05, 4.69) is 36.4 Å². The van der Waals surface area contributed by atoms with Crippen molar-refractivity contribution >= 4 is 0 Å². The molecule has 122 valence electrons. The number of hydrogen-bond donors (Lipinski definition) is 2. The third-order valence-corrected chi connectivity index (χ3v) is 4.53. The van der Waals surface area contributed by atoms with Crippen LogP contribution < -0.4 is 11.5 Å². The van der Waals surface area contributed by atoms with E-state index < -0.39 is 5.54 Å². The van der Waals surface area contributed by atoms with Crippen LogP contribution in [0.5, 0.6) is 0 Å². The minimum Gasteiger partial charge on any atom is -0.323 e. The van der Waals surface area contributed by atoms with Crippen molar-refractivity contribution in [2.45, 2.75) is 24.4 Å². The van der Waals surface area contributed by atoms with E-state index >= 15 is 0 Å². The van der Waals surface area contributed by atoms with Crippen molar-refractivity contribution in [3.63, 3.8) is 0 Å². The summed E-state index contributed by atoms with van der Waals surface area (Å²) in [6.45, 7) is 0. The van der Waals surface area contributed by atoms with Crippen LogP contribution in [0, 0.1) is 0 Å². The molecule has 1 unspecified atom stereocenters. The van der Waals surface area contributed by atoms with Gasteiger partial charge in [0.1, 0.15) is 0 Å². The summed E-state index contributed by atoms with van der Waals surface area (Å²) in [6.07, 6.45) is 1.47. The number of hydrogen-bond acceptors (Lipinski definition) is 2. The minimum atomic E-state index is -0.552. The Morgan fingerprint density at radius 3 is 1.42 bits per heavy atom. The van der Waals surface area contributed by atoms with Gasteiger partial charge in [0.25, 0.3) is 0 Å². The first-order chi connectivity index (χ1) is 11.7. The van der Waals surface area contributed by atoms with Gasteiger partial charge in [-0.05, 0) is 29.5 Å². The van der Waals surface area contributed by atoms with Crippen LogP contribution in [0.25, 0.3) is 0 Å². The maximum Gasteiger partial charge on any atom is 0.0484 e. The van der Waals surface area contributed by atoms with Gasteiger partial charge < -0.3 is 11.5 Å². The molecule has 3 rings (SSSR count). The molecule has 0 aliphatic carbocycles. The molecule has 0 heterocycles. The SMILES string of the molecule is NC(c1ccccc1)C(N)(Cc1ccccc1)Cc1ccccc1. The minimum absolute atomic E-state index is 0.237. The Morgan fingerprint density at radius 1 is 0.625 bits per heavy atom. The lowest BCUT2D eigenvalue weighted by Crippen LogP contribution is -2.53. The molecule has 3 aromatic rings. The zero-order chi connectivity index (χ0) is 16.8. The predicted molar refractivity (Wildman–Crippen MR) is 101 cm³/mol. The van der Waals surface area contributed by atoms with Gasteiger partial charge in [0.05, 0.1) is 0 Å². The Hall–Kier alpha value is -2.42. The molecule has 0 fully saturated rings. The molecule has 0 aliphatic rings. The molecule has 0 aromatic heterocycles. The molecule has 0 aliphatic heterocycles. The van der Waals surface area contributed by atoms with E-state index in [1.165, 1.54) is 11.1 Å². The van der Waals surface area contributed by atoms with Gasteiger partial charge in [-0.3, -0.25) is 0 Å². The smallest absolute Gasteiger partial charge is 0.0484 e. The van der Waals surface area contributed by atoms with Crippen molar-refractivity contribution in [3.8, 4) is 0 Å². The second kappa shape index (κ2) is 7.43. The van der Waals surface area contributed by atoms with Crippen LogP contribution >= 0.6 is 0 Å². The third kappa shape index (κ3) is 3.91. The van der Waals surface area contributed by atoms with Gasteiger partial charge in [-0.15, -0.1) is 0 Å². The molecule has 2 heteroatoms. The lowest BCUT2D eigenvalue weighted by atomic mass is 9.77. The van der Waals surface area contributed by atoms with Gasteiger partial charge in [-0.25, -0.2) is 0 Å². The van der Waals surface area contributed by atoms with Gasteiger partial charge in [-0.2, -0.15) is 0 Å². The highest BCUT2D eigenvalue weighted by atomic mass is 14.9. The first kappa shape index (κ1) is 16.4. The Morgan fingerprint density at radius 2 is 1.00 bits per heavy atom. The van der Waals surface area contributed by atoms with Crippen molar-refractivity contribution in [1.82, 2.24) is 0 Å². The fourth-order valence-electron chi connectivity index (χ4n) is 3.23. The summed E-state index contributed by atoms with van der Waals surface area (Å²) in [5.41, 5.74) is 16.5. The fraction of sp³-hybridized carbons (Fsp3) is 0.182. The van der Waals surface area contributed by atoms with Crippen molar-refractivity contribution < 1.29 is 0 Å². The van der Waals surface area contributed by atoms with E-state index in [0.717, 1.165) is 18.4 Å². The Bertz CT molecular complexity index is 697. The van der Waals surface area contributed by atoms with E-state index in [1.807, 2.05) is 54.6 Å². The number of nitrogens with two attached hydrogens (primary N) is 2. The lowest BCUT2D eigenvalue weighted by Gasteiger charge is -2.36. The lowest BCUT2D eigenvalue weighted by molar-refractivity contribution is 0.343. The van der Waals surface area contributed by atoms with Crippen molar-refractivity contribution in [2.75, 3.05) is 0 Å². The van der Waals surface area contributed by atoms with Crippen LogP contribution in [0.4, 0.5) is 0 Å². The Labute approximate surface area is 144 Å². The highest BCUT2D eigenvalue weighted by molar-refractivity contribution is 5.29. The summed E-state index contributed by atoms with van der Waals surface area (Å²) in [5, 5.41) is 0. The monoisotopic (exact) mass is 316 g/mol. The van der Waals surface area contributed by atoms with Crippen LogP contribution in [-0.2, 0) is 12.8 Å². The van der Waals surface area contributed by atoms with Gasteiger partial charge in [0.2, 0.25) is 0 Å². The van der Waals surface area contributed by atoms with Crippen LogP contribution in [0.1, 0.15) is 22.7 Å². The molecule has 0 bridgehead atoms. The zero-order valence-electron chi connectivity index (χ0n) is 13.8. The largest absolute Gasteiger partial charge is 0.323 e. The average Bonchev–Trinajstić information content (AvgIpc) is 2.63. The van der Waals surface area contributed by atoms with Gasteiger partial charge in [0.15, 0.2) is 0 Å². The Balaban J connectivity index is 1.93. The molecule has 24 heavy (non-hydrogen) atoms. The topological polar surface area (TPSA) is 52.0 Å². The van der Waals surface area contributed by atoms with E-state index in [9.17, 15) is 0 Å². The highest BCUT2D eigenvalue weighted by Crippen LogP contribution is 2.29. The molecule has 0 saturated carbocycles. The highest BCUT2D eigenvalue weighted by Gasteiger charge is 2.34. The van der Waals surface area contributed by atoms with Crippen LogP contribution in [-0.4, -0.2) is 5.54 Å². The number of rotatable bonds is 6. The van der Waals surface area contributed by atoms with Gasteiger partial charge >= 0.3 is 0 Å². The van der Waals surface area contributed by atoms with Crippen LogP contribution in [0.15, 0.2) is 91.0 Å². The van der Waals surface area contributed by atoms with E-state index in [0.29, 0.717) is 0 Å². The van der Waals surface area contributed by atoms with Crippen LogP contribution in [0.3, 0.4) is 0 Å². The molecule has 0 amide bonds. The van der Waals surface area contributed by atoms with E-state index in [-0.39, 0.29) is 6.04 Å². The maximum absolute atomic E-state index is 6.91. The molecule has 1 atom stereocenters. The van der Waals surface area contributed by atoms with Crippen molar-refractivity contribution in [3.05, 3.63) is 108 Å². The first-order valence-corrected chi connectivity index (χ1v) is 8.35. The maximum atomic E-state index is 6.91. The second-order valence-corrected chi connectivity index (χ2v) is 6.45. The normalized spacial score (nSPS) is 12.8. The molecule has 4 N–H and O–H groups in total. The summed E-state index contributed by atoms with van der Waals surface area (Å²) in [7, 11) is 0. The molecular formula is C22H24N2. The van der Waals surface area contributed by atoms with Crippen molar-refractivity contribution in [1.29, 1.82) is 0 Å². The molecule has 0 radical (unpaired) electrons. The molecule has 3 aromatic carbocycles. The second-order valence-electron chi connectivity index (χ2n) is 6.45. The predicted octanol–water partition coefficient (Wildman–Crippen LogP) is 3.87. The first-order valence-electron chi connectivity index (χ1n) is 8.35. The van der Waals surface area contributed by atoms with E-state index in [1.54, 1.807) is 0 Å². The summed E-state index contributed by atoms with van der Waals surface area (Å²) in [5.74, 6) is 0. The standard InChI is InChI=1S/C22H24N2/c23-21(20-14-8-3-9-15-20)22(24,16-18-10-4-1-5-11-18)17-19-12-6-2-7-13-19/h1-15,21H,16-17,23-24H2. The van der Waals surface area contributed by atoms with Gasteiger partial charge in [0, 0.05) is 11.6 Å². The van der Waals surface area contributed by atoms with Gasteiger partial charge in [-0.1, -0.05) is 91.0 Å². The molecule has 0 spiro atoms. The summed E-state index contributed by atoms with van der Waals surface area (Å²) < 4.78 is 0.